The van der Waals surface area contributed by atoms with Gasteiger partial charge >= 0.3 is 0 Å². The summed E-state index contributed by atoms with van der Waals surface area (Å²) in [5, 5.41) is 8.24. The number of aliphatic hydroxyl groups excluding tert-OH is 1. The van der Waals surface area contributed by atoms with Gasteiger partial charge in [-0.25, -0.2) is 0 Å². The van der Waals surface area contributed by atoms with E-state index < -0.39 is 0 Å². The second kappa shape index (κ2) is 5.03. The minimum Gasteiger partial charge on any atom is -0.394 e. The van der Waals surface area contributed by atoms with Gasteiger partial charge in [0.2, 0.25) is 0 Å². The molecule has 50 valence electrons. The highest BCUT2D eigenvalue weighted by molar-refractivity contribution is 4.26. The predicted octanol–water partition coefficient (Wildman–Crippen LogP) is -0.486. The molecule has 3 heteroatoms. The Hall–Kier alpha value is -0.120. The van der Waals surface area contributed by atoms with E-state index in [9.17, 15) is 0 Å². The van der Waals surface area contributed by atoms with E-state index in [0.29, 0.717) is 13.3 Å². The summed E-state index contributed by atoms with van der Waals surface area (Å²) in [6, 6.07) is 0. The summed E-state index contributed by atoms with van der Waals surface area (Å²) in [5.74, 6) is 0. The van der Waals surface area contributed by atoms with Crippen LogP contribution in [0.1, 0.15) is 0 Å². The highest BCUT2D eigenvalue weighted by atomic mass is 16.5. The van der Waals surface area contributed by atoms with Crippen molar-refractivity contribution in [3.05, 3.63) is 0 Å². The molecule has 0 atom stereocenters. The number of hydrogen-bond acceptors (Lipinski definition) is 3. The quantitative estimate of drug-likeness (QED) is 0.400. The lowest BCUT2D eigenvalue weighted by molar-refractivity contribution is 0.0338. The van der Waals surface area contributed by atoms with Crippen molar-refractivity contribution in [3.63, 3.8) is 0 Å². The molecule has 0 aromatic heterocycles. The van der Waals surface area contributed by atoms with E-state index in [1.807, 2.05) is 19.0 Å². The van der Waals surface area contributed by atoms with Crippen molar-refractivity contribution in [1.29, 1.82) is 0 Å². The summed E-state index contributed by atoms with van der Waals surface area (Å²) >= 11 is 0. The van der Waals surface area contributed by atoms with E-state index in [4.69, 9.17) is 9.84 Å². The van der Waals surface area contributed by atoms with E-state index in [1.165, 1.54) is 0 Å². The molecule has 0 aromatic carbocycles. The van der Waals surface area contributed by atoms with Gasteiger partial charge in [0.05, 0.1) is 19.9 Å². The van der Waals surface area contributed by atoms with Gasteiger partial charge in [0.1, 0.15) is 0 Å². The Kier molecular flexibility index (Phi) is 4.95. The van der Waals surface area contributed by atoms with Crippen LogP contribution in [0.4, 0.5) is 0 Å². The molecule has 0 radical (unpaired) electrons. The standard InChI is InChI=1S/C5H13NO2/c1-6(2)5-8-4-3-7/h7H,3-5H2,1-2H3. The second-order valence-corrected chi connectivity index (χ2v) is 1.84. The lowest BCUT2D eigenvalue weighted by Gasteiger charge is -2.08. The first-order valence-electron chi connectivity index (χ1n) is 2.60. The van der Waals surface area contributed by atoms with Crippen LogP contribution in [0.5, 0.6) is 0 Å². The number of hydrogen-bond donors (Lipinski definition) is 1. The van der Waals surface area contributed by atoms with Gasteiger partial charge in [0.15, 0.2) is 0 Å². The molecule has 0 aliphatic heterocycles. The molecule has 0 unspecified atom stereocenters. The van der Waals surface area contributed by atoms with Crippen molar-refractivity contribution in [3.8, 4) is 0 Å². The van der Waals surface area contributed by atoms with Crippen molar-refractivity contribution in [1.82, 2.24) is 4.90 Å². The van der Waals surface area contributed by atoms with Gasteiger partial charge in [0, 0.05) is 0 Å². The van der Waals surface area contributed by atoms with Crippen LogP contribution in [-0.4, -0.2) is 44.0 Å². The van der Waals surface area contributed by atoms with E-state index in [2.05, 4.69) is 0 Å². The van der Waals surface area contributed by atoms with Crippen molar-refractivity contribution >= 4 is 0 Å². The van der Waals surface area contributed by atoms with Gasteiger partial charge in [-0.05, 0) is 14.1 Å². The summed E-state index contributed by atoms with van der Waals surface area (Å²) in [4.78, 5) is 1.90. The Labute approximate surface area is 49.9 Å². The van der Waals surface area contributed by atoms with Crippen LogP contribution in [0.2, 0.25) is 0 Å². The molecule has 0 amide bonds. The third-order valence-corrected chi connectivity index (χ3v) is 0.585. The van der Waals surface area contributed by atoms with Crippen molar-refractivity contribution in [2.24, 2.45) is 0 Å². The number of nitrogens with zero attached hydrogens (tertiary/aromatic N) is 1. The lowest BCUT2D eigenvalue weighted by Crippen LogP contribution is -2.17. The first-order chi connectivity index (χ1) is 3.77. The van der Waals surface area contributed by atoms with Gasteiger partial charge in [-0.15, -0.1) is 0 Å². The number of rotatable bonds is 4. The molecule has 0 aliphatic carbocycles. The Bertz CT molecular complexity index is 47.7. The summed E-state index contributed by atoms with van der Waals surface area (Å²) in [5.41, 5.74) is 0. The van der Waals surface area contributed by atoms with Gasteiger partial charge < -0.3 is 9.84 Å². The smallest absolute Gasteiger partial charge is 0.0986 e. The van der Waals surface area contributed by atoms with Crippen LogP contribution in [0.15, 0.2) is 0 Å². The van der Waals surface area contributed by atoms with Gasteiger partial charge in [-0.1, -0.05) is 0 Å². The predicted molar refractivity (Wildman–Crippen MR) is 31.6 cm³/mol. The third-order valence-electron chi connectivity index (χ3n) is 0.585. The topological polar surface area (TPSA) is 32.7 Å². The molecule has 0 aromatic rings. The molecule has 0 spiro atoms. The zero-order chi connectivity index (χ0) is 6.41. The average Bonchev–Trinajstić information content (AvgIpc) is 1.66. The first kappa shape index (κ1) is 7.88. The summed E-state index contributed by atoms with van der Waals surface area (Å²) < 4.78 is 4.92. The van der Waals surface area contributed by atoms with Crippen molar-refractivity contribution in [2.75, 3.05) is 34.0 Å². The average molecular weight is 119 g/mol. The fraction of sp³-hybridized carbons (Fsp3) is 1.00. The summed E-state index contributed by atoms with van der Waals surface area (Å²) in [7, 11) is 3.83. The second-order valence-electron chi connectivity index (χ2n) is 1.84. The summed E-state index contributed by atoms with van der Waals surface area (Å²) in [6.45, 7) is 1.12. The monoisotopic (exact) mass is 119 g/mol. The van der Waals surface area contributed by atoms with Crippen LogP contribution in [0, 0.1) is 0 Å². The fourth-order valence-corrected chi connectivity index (χ4v) is 0.312. The molecular formula is C5H13NO2. The van der Waals surface area contributed by atoms with Crippen LogP contribution < -0.4 is 0 Å². The Morgan fingerprint density at radius 3 is 2.50 bits per heavy atom. The molecule has 3 nitrogen and oxygen atoms in total. The normalized spacial score (nSPS) is 10.5. The zero-order valence-corrected chi connectivity index (χ0v) is 5.42. The van der Waals surface area contributed by atoms with E-state index in [-0.39, 0.29) is 6.61 Å². The molecule has 0 fully saturated rings. The maximum absolute atomic E-state index is 8.24. The molecular weight excluding hydrogens is 106 g/mol. The SMILES string of the molecule is CN(C)COCCO. The molecule has 0 bridgehead atoms. The first-order valence-corrected chi connectivity index (χ1v) is 2.60. The van der Waals surface area contributed by atoms with Crippen LogP contribution in [0.3, 0.4) is 0 Å². The minimum absolute atomic E-state index is 0.105. The van der Waals surface area contributed by atoms with E-state index >= 15 is 0 Å². The fourth-order valence-electron chi connectivity index (χ4n) is 0.312. The van der Waals surface area contributed by atoms with Crippen molar-refractivity contribution < 1.29 is 9.84 Å². The van der Waals surface area contributed by atoms with Gasteiger partial charge in [-0.3, -0.25) is 4.90 Å². The Morgan fingerprint density at radius 1 is 1.50 bits per heavy atom. The molecule has 0 heterocycles. The Balaban J connectivity index is 2.72. The van der Waals surface area contributed by atoms with Crippen LogP contribution >= 0.6 is 0 Å². The Morgan fingerprint density at radius 2 is 2.12 bits per heavy atom. The molecule has 0 saturated heterocycles. The highest BCUT2D eigenvalue weighted by Crippen LogP contribution is 1.75. The highest BCUT2D eigenvalue weighted by Gasteiger charge is 1.85. The maximum atomic E-state index is 8.24. The van der Waals surface area contributed by atoms with Crippen LogP contribution in [0.25, 0.3) is 0 Å². The van der Waals surface area contributed by atoms with E-state index in [0.717, 1.165) is 0 Å². The molecule has 0 aliphatic rings. The third kappa shape index (κ3) is 5.88. The molecule has 1 N–H and O–H groups in total. The molecule has 0 saturated carbocycles. The largest absolute Gasteiger partial charge is 0.394 e. The molecule has 8 heavy (non-hydrogen) atoms. The molecule has 0 rings (SSSR count). The van der Waals surface area contributed by atoms with Crippen LogP contribution in [-0.2, 0) is 4.74 Å². The number of aliphatic hydroxyl groups is 1. The van der Waals surface area contributed by atoms with Gasteiger partial charge in [0.25, 0.3) is 0 Å². The lowest BCUT2D eigenvalue weighted by atomic mass is 10.8. The summed E-state index contributed by atoms with van der Waals surface area (Å²) in [6.07, 6.45) is 0. The maximum Gasteiger partial charge on any atom is 0.0986 e. The number of ether oxygens (including phenoxy) is 1. The zero-order valence-electron chi connectivity index (χ0n) is 5.42. The van der Waals surface area contributed by atoms with E-state index in [1.54, 1.807) is 0 Å². The van der Waals surface area contributed by atoms with Gasteiger partial charge in [-0.2, -0.15) is 0 Å². The van der Waals surface area contributed by atoms with Crippen molar-refractivity contribution in [2.45, 2.75) is 0 Å². The minimum atomic E-state index is 0.105.